The van der Waals surface area contributed by atoms with Crippen LogP contribution in [0.15, 0.2) is 58.7 Å². The second kappa shape index (κ2) is 11.6. The second-order valence-electron chi connectivity index (χ2n) is 10.2. The van der Waals surface area contributed by atoms with Gasteiger partial charge in [-0.05, 0) is 112 Å². The van der Waals surface area contributed by atoms with E-state index in [0.29, 0.717) is 39.6 Å². The first-order chi connectivity index (χ1) is 20.1. The van der Waals surface area contributed by atoms with Gasteiger partial charge in [0.1, 0.15) is 11.5 Å². The van der Waals surface area contributed by atoms with E-state index in [1.807, 2.05) is 19.1 Å². The molecule has 0 aliphatic rings. The summed E-state index contributed by atoms with van der Waals surface area (Å²) >= 11 is 0. The van der Waals surface area contributed by atoms with Gasteiger partial charge in [0.05, 0.1) is 12.4 Å². The lowest BCUT2D eigenvalue weighted by Gasteiger charge is -2.25. The molecule has 0 aliphatic carbocycles. The quantitative estimate of drug-likeness (QED) is 0.144. The third-order valence-electron chi connectivity index (χ3n) is 7.09. The van der Waals surface area contributed by atoms with Crippen molar-refractivity contribution < 1.29 is 10.2 Å². The zero-order chi connectivity index (χ0) is 30.0. The molecule has 0 unspecified atom stereocenters. The molecular weight excluding hydrogens is 534 g/mol. The molecule has 5 aromatic rings. The number of aromatic hydroxyl groups is 2. The van der Waals surface area contributed by atoms with Crippen molar-refractivity contribution in [1.29, 1.82) is 0 Å². The van der Waals surface area contributed by atoms with Gasteiger partial charge >= 0.3 is 0 Å². The average molecular weight is 566 g/mol. The predicted molar refractivity (Wildman–Crippen MR) is 158 cm³/mol. The Kier molecular flexibility index (Phi) is 7.74. The van der Waals surface area contributed by atoms with Crippen LogP contribution in [0.1, 0.15) is 76.3 Å². The Hall–Kier alpha value is -5.46. The van der Waals surface area contributed by atoms with E-state index in [1.165, 1.54) is 9.58 Å². The van der Waals surface area contributed by atoms with Crippen LogP contribution in [0.4, 0.5) is 5.69 Å². The van der Waals surface area contributed by atoms with Gasteiger partial charge in [-0.2, -0.15) is 10.2 Å². The molecule has 0 bridgehead atoms. The van der Waals surface area contributed by atoms with Crippen LogP contribution < -0.4 is 5.73 Å². The van der Waals surface area contributed by atoms with Gasteiger partial charge in [0.2, 0.25) is 0 Å². The molecule has 214 valence electrons. The number of benzene rings is 3. The van der Waals surface area contributed by atoms with Crippen LogP contribution in [0, 0.1) is 20.8 Å². The molecule has 0 saturated heterocycles. The van der Waals surface area contributed by atoms with Crippen molar-refractivity contribution in [3.05, 3.63) is 99.1 Å². The maximum Gasteiger partial charge on any atom is 0.173 e. The number of rotatable bonds is 8. The number of phenolic OH excluding ortho intramolecular Hbond substituents is 2. The molecule has 42 heavy (non-hydrogen) atoms. The van der Waals surface area contributed by atoms with Crippen LogP contribution in [0.5, 0.6) is 11.5 Å². The van der Waals surface area contributed by atoms with Crippen LogP contribution in [0.2, 0.25) is 0 Å². The lowest BCUT2D eigenvalue weighted by atomic mass is 9.80. The molecule has 4 N–H and O–H groups in total. The number of anilines is 1. The van der Waals surface area contributed by atoms with Crippen LogP contribution in [0.25, 0.3) is 0 Å². The minimum atomic E-state index is -0.642. The summed E-state index contributed by atoms with van der Waals surface area (Å²) in [5, 5.41) is 53.6. The number of nitrogen functional groups attached to an aromatic ring is 1. The van der Waals surface area contributed by atoms with E-state index >= 15 is 0 Å². The fourth-order valence-electron chi connectivity index (χ4n) is 4.83. The van der Waals surface area contributed by atoms with Crippen molar-refractivity contribution in [2.45, 2.75) is 46.5 Å². The Morgan fingerprint density at radius 3 is 1.62 bits per heavy atom. The van der Waals surface area contributed by atoms with Crippen molar-refractivity contribution in [2.24, 2.45) is 10.2 Å². The summed E-state index contributed by atoms with van der Waals surface area (Å²) in [4.78, 5) is 2.61. The summed E-state index contributed by atoms with van der Waals surface area (Å²) in [6.45, 7) is 9.69. The fraction of sp³-hybridized carbons (Fsp3) is 0.241. The molecule has 13 nitrogen and oxygen atoms in total. The van der Waals surface area contributed by atoms with Crippen LogP contribution in [-0.4, -0.2) is 63.3 Å². The van der Waals surface area contributed by atoms with Gasteiger partial charge in [-0.3, -0.25) is 0 Å². The lowest BCUT2D eigenvalue weighted by Crippen LogP contribution is -2.11. The maximum atomic E-state index is 11.2. The molecule has 0 amide bonds. The molecule has 0 aliphatic heterocycles. The van der Waals surface area contributed by atoms with Crippen LogP contribution in [-0.2, 0) is 0 Å². The summed E-state index contributed by atoms with van der Waals surface area (Å²) in [7, 11) is 0. The Balaban J connectivity index is 1.68. The number of nitrogens with zero attached hydrogens (tertiary/aromatic N) is 10. The average Bonchev–Trinajstić information content (AvgIpc) is 3.58. The highest BCUT2D eigenvalue weighted by Crippen LogP contribution is 2.44. The fourth-order valence-corrected chi connectivity index (χ4v) is 4.83. The smallest absolute Gasteiger partial charge is 0.173 e. The van der Waals surface area contributed by atoms with Gasteiger partial charge in [-0.15, -0.1) is 19.8 Å². The Morgan fingerprint density at radius 2 is 1.19 bits per heavy atom. The first-order valence-corrected chi connectivity index (χ1v) is 13.3. The van der Waals surface area contributed by atoms with E-state index in [2.05, 4.69) is 55.1 Å². The zero-order valence-corrected chi connectivity index (χ0v) is 23.9. The highest BCUT2D eigenvalue weighted by molar-refractivity contribution is 5.82. The Bertz CT molecular complexity index is 1700. The van der Waals surface area contributed by atoms with E-state index in [1.54, 1.807) is 62.7 Å². The van der Waals surface area contributed by atoms with Crippen LogP contribution >= 0.6 is 0 Å². The standard InChI is InChI=1S/C29H31N11O2/c1-16(2)22-8-9-23(29(30)17(22)3)28(24-12-20(6-10-26(24)41)14-31-39-18(4)33-35-37-39)25-13-21(7-11-27(25)42)15-32-40-19(5)34-36-38-40/h6-16,28,41-42H,30H2,1-5H3. The van der Waals surface area contributed by atoms with Crippen molar-refractivity contribution in [1.82, 2.24) is 40.6 Å². The van der Waals surface area contributed by atoms with E-state index in [-0.39, 0.29) is 17.4 Å². The van der Waals surface area contributed by atoms with Crippen molar-refractivity contribution >= 4 is 18.1 Å². The zero-order valence-electron chi connectivity index (χ0n) is 23.9. The molecule has 0 atom stereocenters. The molecule has 0 saturated carbocycles. The normalized spacial score (nSPS) is 12.6. The molecule has 3 aromatic carbocycles. The highest BCUT2D eigenvalue weighted by atomic mass is 16.3. The third-order valence-corrected chi connectivity index (χ3v) is 7.09. The first-order valence-electron chi connectivity index (χ1n) is 13.3. The summed E-state index contributed by atoms with van der Waals surface area (Å²) in [6.07, 6.45) is 3.19. The largest absolute Gasteiger partial charge is 0.508 e. The SMILES string of the molecule is Cc1c(C(C)C)ccc(C(c2cc(C=Nn3nnnc3C)ccc2O)c2cc(C=Nn3nnnc3C)ccc2O)c1N. The molecule has 0 radical (unpaired) electrons. The number of aromatic nitrogens is 8. The van der Waals surface area contributed by atoms with Gasteiger partial charge in [0, 0.05) is 22.7 Å². The molecule has 0 spiro atoms. The summed E-state index contributed by atoms with van der Waals surface area (Å²) in [5.74, 6) is 0.738. The monoisotopic (exact) mass is 565 g/mol. The summed E-state index contributed by atoms with van der Waals surface area (Å²) in [6, 6.07) is 14.2. The summed E-state index contributed by atoms with van der Waals surface area (Å²) < 4.78 is 0. The predicted octanol–water partition coefficient (Wildman–Crippen LogP) is 3.65. The molecule has 13 heteroatoms. The third kappa shape index (κ3) is 5.57. The number of nitrogens with two attached hydrogens (primary N) is 1. The highest BCUT2D eigenvalue weighted by Gasteiger charge is 2.27. The van der Waals surface area contributed by atoms with Gasteiger partial charge in [-0.1, -0.05) is 26.0 Å². The van der Waals surface area contributed by atoms with Gasteiger partial charge in [0.25, 0.3) is 0 Å². The van der Waals surface area contributed by atoms with E-state index in [9.17, 15) is 10.2 Å². The van der Waals surface area contributed by atoms with E-state index < -0.39 is 5.92 Å². The molecule has 2 heterocycles. The van der Waals surface area contributed by atoms with Crippen LogP contribution in [0.3, 0.4) is 0 Å². The summed E-state index contributed by atoms with van der Waals surface area (Å²) in [5.41, 5.74) is 12.6. The molecule has 5 rings (SSSR count). The van der Waals surface area contributed by atoms with E-state index in [4.69, 9.17) is 5.73 Å². The Labute approximate surface area is 242 Å². The number of hydrogen-bond donors (Lipinski definition) is 3. The molecule has 0 fully saturated rings. The van der Waals surface area contributed by atoms with Gasteiger partial charge < -0.3 is 15.9 Å². The van der Waals surface area contributed by atoms with Gasteiger partial charge in [-0.25, -0.2) is 0 Å². The first kappa shape index (κ1) is 28.1. The van der Waals surface area contributed by atoms with Gasteiger partial charge in [0.15, 0.2) is 11.6 Å². The minimum absolute atomic E-state index is 0.0310. The lowest BCUT2D eigenvalue weighted by molar-refractivity contribution is 0.458. The minimum Gasteiger partial charge on any atom is -0.508 e. The number of tetrazole rings is 2. The topological polar surface area (TPSA) is 178 Å². The second-order valence-corrected chi connectivity index (χ2v) is 10.2. The van der Waals surface area contributed by atoms with E-state index in [0.717, 1.165) is 16.7 Å². The molecular formula is C29H31N11O2. The van der Waals surface area contributed by atoms with Crippen molar-refractivity contribution in [2.75, 3.05) is 5.73 Å². The number of hydrogen-bond acceptors (Lipinski definition) is 11. The molecule has 2 aromatic heterocycles. The maximum absolute atomic E-state index is 11.2. The van der Waals surface area contributed by atoms with Crippen molar-refractivity contribution in [3.8, 4) is 11.5 Å². The Morgan fingerprint density at radius 1 is 0.714 bits per heavy atom. The number of aryl methyl sites for hydroxylation is 2. The van der Waals surface area contributed by atoms with Crippen molar-refractivity contribution in [3.63, 3.8) is 0 Å². The number of phenols is 2.